The average molecular weight is 324 g/mol. The van der Waals surface area contributed by atoms with Gasteiger partial charge in [0.05, 0.1) is 18.2 Å². The van der Waals surface area contributed by atoms with Crippen LogP contribution in [0.15, 0.2) is 36.8 Å². The Kier molecular flexibility index (Phi) is 4.16. The number of nitrogens with zero attached hydrogens (tertiary/aromatic N) is 5. The van der Waals surface area contributed by atoms with E-state index in [1.165, 1.54) is 6.20 Å². The number of benzene rings is 1. The number of carbonyl (C=O) groups is 1. The predicted octanol–water partition coefficient (Wildman–Crippen LogP) is 2.91. The van der Waals surface area contributed by atoms with Gasteiger partial charge < -0.3 is 9.88 Å². The molecule has 0 spiro atoms. The summed E-state index contributed by atoms with van der Waals surface area (Å²) in [6.07, 6.45) is 3.27. The van der Waals surface area contributed by atoms with Gasteiger partial charge in [-0.15, -0.1) is 5.10 Å². The van der Waals surface area contributed by atoms with E-state index in [9.17, 15) is 4.79 Å². The van der Waals surface area contributed by atoms with E-state index < -0.39 is 0 Å². The summed E-state index contributed by atoms with van der Waals surface area (Å²) in [6.45, 7) is 7.91. The van der Waals surface area contributed by atoms with Crippen LogP contribution >= 0.6 is 0 Å². The molecule has 0 aliphatic carbocycles. The van der Waals surface area contributed by atoms with E-state index in [1.807, 2.05) is 56.5 Å². The molecule has 7 nitrogen and oxygen atoms in total. The van der Waals surface area contributed by atoms with Crippen LogP contribution in [0, 0.1) is 13.8 Å². The van der Waals surface area contributed by atoms with Crippen molar-refractivity contribution in [1.82, 2.24) is 24.5 Å². The zero-order chi connectivity index (χ0) is 17.3. The number of hydrogen-bond donors (Lipinski definition) is 1. The molecule has 3 aromatic rings. The predicted molar refractivity (Wildman–Crippen MR) is 91.4 cm³/mol. The van der Waals surface area contributed by atoms with Crippen molar-refractivity contribution in [3.05, 3.63) is 53.9 Å². The molecule has 1 aromatic carbocycles. The van der Waals surface area contributed by atoms with Gasteiger partial charge in [-0.05, 0) is 52.0 Å². The van der Waals surface area contributed by atoms with Crippen LogP contribution < -0.4 is 5.32 Å². The molecular formula is C17H20N6O. The number of aryl methyl sites for hydroxylation is 1. The maximum atomic E-state index is 12.4. The summed E-state index contributed by atoms with van der Waals surface area (Å²) in [5, 5.41) is 10.6. The van der Waals surface area contributed by atoms with Crippen LogP contribution in [0.25, 0.3) is 5.69 Å². The highest BCUT2D eigenvalue weighted by Gasteiger charge is 2.15. The van der Waals surface area contributed by atoms with Crippen LogP contribution in [0.3, 0.4) is 0 Å². The highest BCUT2D eigenvalue weighted by molar-refractivity contribution is 6.02. The highest BCUT2D eigenvalue weighted by atomic mass is 16.2. The number of carbonyl (C=O) groups excluding carboxylic acids is 1. The van der Waals surface area contributed by atoms with Gasteiger partial charge >= 0.3 is 0 Å². The van der Waals surface area contributed by atoms with Crippen LogP contribution in [0.4, 0.5) is 5.69 Å². The van der Waals surface area contributed by atoms with Gasteiger partial charge in [-0.25, -0.2) is 9.67 Å². The molecule has 2 heterocycles. The van der Waals surface area contributed by atoms with E-state index in [0.29, 0.717) is 5.69 Å². The smallest absolute Gasteiger partial charge is 0.275 e. The summed E-state index contributed by atoms with van der Waals surface area (Å²) in [4.78, 5) is 16.7. The van der Waals surface area contributed by atoms with Crippen molar-refractivity contribution >= 4 is 11.6 Å². The topological polar surface area (TPSA) is 77.6 Å². The zero-order valence-corrected chi connectivity index (χ0v) is 14.2. The van der Waals surface area contributed by atoms with Gasteiger partial charge in [-0.3, -0.25) is 4.79 Å². The van der Waals surface area contributed by atoms with Gasteiger partial charge in [0.2, 0.25) is 0 Å². The minimum atomic E-state index is -0.226. The molecule has 0 bridgehead atoms. The number of aromatic nitrogens is 5. The Labute approximate surface area is 140 Å². The lowest BCUT2D eigenvalue weighted by atomic mass is 10.2. The third-order valence-corrected chi connectivity index (χ3v) is 3.95. The molecule has 1 amide bonds. The SMILES string of the molecule is Cc1ncn(-c2ccc(NC(=O)c3cnnn3C(C)C)cc2)c1C. The lowest BCUT2D eigenvalue weighted by Crippen LogP contribution is -2.19. The fourth-order valence-electron chi connectivity index (χ4n) is 2.45. The average Bonchev–Trinajstić information content (AvgIpc) is 3.17. The number of nitrogens with one attached hydrogen (secondary N) is 1. The van der Waals surface area contributed by atoms with Crippen LogP contribution in [0.1, 0.15) is 41.8 Å². The number of amides is 1. The molecule has 7 heteroatoms. The summed E-state index contributed by atoms with van der Waals surface area (Å²) in [7, 11) is 0. The van der Waals surface area contributed by atoms with Crippen molar-refractivity contribution < 1.29 is 4.79 Å². The molecule has 24 heavy (non-hydrogen) atoms. The van der Waals surface area contributed by atoms with E-state index in [-0.39, 0.29) is 11.9 Å². The van der Waals surface area contributed by atoms with Crippen molar-refractivity contribution in [1.29, 1.82) is 0 Å². The molecule has 0 fully saturated rings. The Morgan fingerprint density at radius 3 is 2.46 bits per heavy atom. The van der Waals surface area contributed by atoms with Crippen molar-refractivity contribution in [2.24, 2.45) is 0 Å². The number of rotatable bonds is 4. The van der Waals surface area contributed by atoms with Gasteiger partial charge in [-0.1, -0.05) is 5.21 Å². The molecule has 0 saturated heterocycles. The van der Waals surface area contributed by atoms with Crippen LogP contribution in [0.5, 0.6) is 0 Å². The largest absolute Gasteiger partial charge is 0.321 e. The summed E-state index contributed by atoms with van der Waals surface area (Å²) in [5.74, 6) is -0.226. The molecular weight excluding hydrogens is 304 g/mol. The molecule has 1 N–H and O–H groups in total. The minimum absolute atomic E-state index is 0.0723. The highest BCUT2D eigenvalue weighted by Crippen LogP contribution is 2.17. The molecule has 124 valence electrons. The summed E-state index contributed by atoms with van der Waals surface area (Å²) >= 11 is 0. The Bertz CT molecular complexity index is 860. The number of hydrogen-bond acceptors (Lipinski definition) is 4. The maximum absolute atomic E-state index is 12.4. The molecule has 0 aliphatic heterocycles. The van der Waals surface area contributed by atoms with Crippen molar-refractivity contribution in [2.75, 3.05) is 5.32 Å². The van der Waals surface area contributed by atoms with Crippen molar-refractivity contribution in [3.63, 3.8) is 0 Å². The van der Waals surface area contributed by atoms with E-state index in [1.54, 1.807) is 11.0 Å². The number of imidazole rings is 1. The van der Waals surface area contributed by atoms with Crippen molar-refractivity contribution in [3.8, 4) is 5.69 Å². The van der Waals surface area contributed by atoms with Gasteiger partial charge in [-0.2, -0.15) is 0 Å². The Morgan fingerprint density at radius 1 is 1.17 bits per heavy atom. The van der Waals surface area contributed by atoms with E-state index in [0.717, 1.165) is 22.8 Å². The molecule has 0 saturated carbocycles. The molecule has 0 unspecified atom stereocenters. The first kappa shape index (κ1) is 15.9. The van der Waals surface area contributed by atoms with E-state index in [2.05, 4.69) is 20.6 Å². The molecule has 3 rings (SSSR count). The maximum Gasteiger partial charge on any atom is 0.275 e. The molecule has 0 aliphatic rings. The zero-order valence-electron chi connectivity index (χ0n) is 14.2. The summed E-state index contributed by atoms with van der Waals surface area (Å²) in [5.41, 5.74) is 4.26. The minimum Gasteiger partial charge on any atom is -0.321 e. The van der Waals surface area contributed by atoms with Gasteiger partial charge in [0.1, 0.15) is 5.69 Å². The third-order valence-electron chi connectivity index (χ3n) is 3.95. The Balaban J connectivity index is 1.78. The monoisotopic (exact) mass is 324 g/mol. The Morgan fingerprint density at radius 2 is 1.88 bits per heavy atom. The standard InChI is InChI=1S/C17H20N6O/c1-11(2)23-16(9-19-21-23)17(24)20-14-5-7-15(8-6-14)22-10-18-12(3)13(22)4/h5-11H,1-4H3,(H,20,24). The third kappa shape index (κ3) is 2.92. The first-order valence-electron chi connectivity index (χ1n) is 7.80. The molecule has 0 atom stereocenters. The molecule has 2 aromatic heterocycles. The first-order chi connectivity index (χ1) is 11.5. The van der Waals surface area contributed by atoms with E-state index >= 15 is 0 Å². The van der Waals surface area contributed by atoms with Gasteiger partial charge in [0.25, 0.3) is 5.91 Å². The summed E-state index contributed by atoms with van der Waals surface area (Å²) in [6, 6.07) is 7.70. The second kappa shape index (κ2) is 6.27. The van der Waals surface area contributed by atoms with Gasteiger partial charge in [0.15, 0.2) is 0 Å². The van der Waals surface area contributed by atoms with E-state index in [4.69, 9.17) is 0 Å². The number of anilines is 1. The second-order valence-electron chi connectivity index (χ2n) is 5.94. The fraction of sp³-hybridized carbons (Fsp3) is 0.294. The second-order valence-corrected chi connectivity index (χ2v) is 5.94. The van der Waals surface area contributed by atoms with Crippen LogP contribution in [-0.4, -0.2) is 30.5 Å². The van der Waals surface area contributed by atoms with Crippen LogP contribution in [0.2, 0.25) is 0 Å². The quantitative estimate of drug-likeness (QED) is 0.800. The lowest BCUT2D eigenvalue weighted by molar-refractivity contribution is 0.101. The summed E-state index contributed by atoms with van der Waals surface area (Å²) < 4.78 is 3.61. The van der Waals surface area contributed by atoms with Gasteiger partial charge in [0, 0.05) is 23.1 Å². The lowest BCUT2D eigenvalue weighted by Gasteiger charge is -2.11. The molecule has 0 radical (unpaired) electrons. The van der Waals surface area contributed by atoms with Crippen LogP contribution in [-0.2, 0) is 0 Å². The first-order valence-corrected chi connectivity index (χ1v) is 7.80. The van der Waals surface area contributed by atoms with Crippen molar-refractivity contribution in [2.45, 2.75) is 33.7 Å². The fourth-order valence-corrected chi connectivity index (χ4v) is 2.45. The Hall–Kier alpha value is -2.96. The normalized spacial score (nSPS) is 11.0.